The molecule has 2 aromatic carbocycles. The third-order valence-corrected chi connectivity index (χ3v) is 3.00. The van der Waals surface area contributed by atoms with Crippen LogP contribution in [0.15, 0.2) is 54.6 Å². The van der Waals surface area contributed by atoms with Gasteiger partial charge in [0.25, 0.3) is 0 Å². The molecule has 0 radical (unpaired) electrons. The molecular formula is C16H15NO. The van der Waals surface area contributed by atoms with Crippen molar-refractivity contribution in [3.05, 3.63) is 60.2 Å². The molecule has 0 saturated carbocycles. The van der Waals surface area contributed by atoms with Gasteiger partial charge in [-0.3, -0.25) is 0 Å². The zero-order valence-corrected chi connectivity index (χ0v) is 10.2. The molecular weight excluding hydrogens is 222 g/mol. The Morgan fingerprint density at radius 1 is 1.00 bits per heavy atom. The fourth-order valence-corrected chi connectivity index (χ4v) is 2.09. The van der Waals surface area contributed by atoms with Crippen molar-refractivity contribution in [1.82, 2.24) is 0 Å². The molecule has 0 amide bonds. The van der Waals surface area contributed by atoms with E-state index >= 15 is 0 Å². The van der Waals surface area contributed by atoms with Gasteiger partial charge in [-0.2, -0.15) is 5.26 Å². The van der Waals surface area contributed by atoms with Crippen LogP contribution in [-0.2, 0) is 0 Å². The Bertz CT molecular complexity index is 555. The Balaban J connectivity index is 2.54. The Kier molecular flexibility index (Phi) is 3.76. The summed E-state index contributed by atoms with van der Waals surface area (Å²) in [6.07, 6.45) is -0.681. The molecule has 2 aromatic rings. The van der Waals surface area contributed by atoms with Crippen LogP contribution in [0.5, 0.6) is 0 Å². The van der Waals surface area contributed by atoms with E-state index in [9.17, 15) is 10.4 Å². The van der Waals surface area contributed by atoms with Gasteiger partial charge in [-0.15, -0.1) is 0 Å². The minimum atomic E-state index is -0.681. The van der Waals surface area contributed by atoms with Crippen LogP contribution in [0.25, 0.3) is 11.1 Å². The van der Waals surface area contributed by atoms with Gasteiger partial charge in [0, 0.05) is 0 Å². The second kappa shape index (κ2) is 5.48. The standard InChI is InChI=1S/C16H15NO/c1-12(18)16(11-17)15-10-6-5-9-14(15)13-7-3-2-4-8-13/h2-10,12,16,18H,1H3. The van der Waals surface area contributed by atoms with Crippen molar-refractivity contribution in [2.24, 2.45) is 0 Å². The summed E-state index contributed by atoms with van der Waals surface area (Å²) >= 11 is 0. The lowest BCUT2D eigenvalue weighted by molar-refractivity contribution is 0.181. The molecule has 0 spiro atoms. The van der Waals surface area contributed by atoms with Crippen LogP contribution in [0.2, 0.25) is 0 Å². The van der Waals surface area contributed by atoms with Crippen LogP contribution < -0.4 is 0 Å². The number of nitriles is 1. The molecule has 0 aliphatic carbocycles. The smallest absolute Gasteiger partial charge is 0.0974 e. The summed E-state index contributed by atoms with van der Waals surface area (Å²) in [5.74, 6) is -0.499. The topological polar surface area (TPSA) is 44.0 Å². The maximum Gasteiger partial charge on any atom is 0.0974 e. The van der Waals surface area contributed by atoms with Crippen LogP contribution in [0.1, 0.15) is 18.4 Å². The number of hydrogen-bond donors (Lipinski definition) is 1. The van der Waals surface area contributed by atoms with E-state index in [1.807, 2.05) is 54.6 Å². The van der Waals surface area contributed by atoms with Crippen molar-refractivity contribution in [3.8, 4) is 17.2 Å². The van der Waals surface area contributed by atoms with E-state index in [2.05, 4.69) is 6.07 Å². The first kappa shape index (κ1) is 12.3. The Labute approximate surface area is 107 Å². The Morgan fingerprint density at radius 3 is 2.22 bits per heavy atom. The first-order chi connectivity index (χ1) is 8.74. The molecule has 90 valence electrons. The largest absolute Gasteiger partial charge is 0.392 e. The van der Waals surface area contributed by atoms with Gasteiger partial charge in [-0.1, -0.05) is 54.6 Å². The van der Waals surface area contributed by atoms with Crippen LogP contribution in [0.4, 0.5) is 0 Å². The number of benzene rings is 2. The third-order valence-electron chi connectivity index (χ3n) is 3.00. The van der Waals surface area contributed by atoms with E-state index in [0.717, 1.165) is 16.7 Å². The number of hydrogen-bond acceptors (Lipinski definition) is 2. The monoisotopic (exact) mass is 237 g/mol. The molecule has 0 heterocycles. The molecule has 2 atom stereocenters. The number of aliphatic hydroxyl groups excluding tert-OH is 1. The quantitative estimate of drug-likeness (QED) is 0.889. The molecule has 0 aliphatic heterocycles. The maximum absolute atomic E-state index is 9.71. The zero-order chi connectivity index (χ0) is 13.0. The van der Waals surface area contributed by atoms with Gasteiger partial charge >= 0.3 is 0 Å². The van der Waals surface area contributed by atoms with E-state index in [1.165, 1.54) is 0 Å². The van der Waals surface area contributed by atoms with E-state index in [1.54, 1.807) is 6.92 Å². The van der Waals surface area contributed by atoms with Crippen molar-refractivity contribution in [2.45, 2.75) is 18.9 Å². The van der Waals surface area contributed by atoms with Gasteiger partial charge in [-0.05, 0) is 23.6 Å². The van der Waals surface area contributed by atoms with Gasteiger partial charge < -0.3 is 5.11 Å². The second-order valence-electron chi connectivity index (χ2n) is 4.30. The fourth-order valence-electron chi connectivity index (χ4n) is 2.09. The van der Waals surface area contributed by atoms with Crippen molar-refractivity contribution < 1.29 is 5.11 Å². The summed E-state index contributed by atoms with van der Waals surface area (Å²) in [5.41, 5.74) is 2.95. The van der Waals surface area contributed by atoms with E-state index in [-0.39, 0.29) is 0 Å². The number of rotatable bonds is 3. The lowest BCUT2D eigenvalue weighted by Crippen LogP contribution is -2.13. The summed E-state index contributed by atoms with van der Waals surface area (Å²) in [4.78, 5) is 0. The molecule has 2 rings (SSSR count). The third kappa shape index (κ3) is 2.42. The van der Waals surface area contributed by atoms with Crippen LogP contribution in [-0.4, -0.2) is 11.2 Å². The van der Waals surface area contributed by atoms with Crippen molar-refractivity contribution >= 4 is 0 Å². The average molecular weight is 237 g/mol. The molecule has 0 bridgehead atoms. The lowest BCUT2D eigenvalue weighted by atomic mass is 9.88. The van der Waals surface area contributed by atoms with Gasteiger partial charge in [0.15, 0.2) is 0 Å². The first-order valence-electron chi connectivity index (χ1n) is 5.96. The minimum Gasteiger partial charge on any atom is -0.392 e. The zero-order valence-electron chi connectivity index (χ0n) is 10.2. The highest BCUT2D eigenvalue weighted by Gasteiger charge is 2.19. The fraction of sp³-hybridized carbons (Fsp3) is 0.188. The lowest BCUT2D eigenvalue weighted by Gasteiger charge is -2.16. The highest BCUT2D eigenvalue weighted by atomic mass is 16.3. The van der Waals surface area contributed by atoms with Crippen LogP contribution in [0, 0.1) is 11.3 Å². The first-order valence-corrected chi connectivity index (χ1v) is 5.96. The second-order valence-corrected chi connectivity index (χ2v) is 4.30. The summed E-state index contributed by atoms with van der Waals surface area (Å²) in [7, 11) is 0. The minimum absolute atomic E-state index is 0.499. The Morgan fingerprint density at radius 2 is 1.61 bits per heavy atom. The van der Waals surface area contributed by atoms with Gasteiger partial charge in [0.05, 0.1) is 18.1 Å². The van der Waals surface area contributed by atoms with E-state index in [0.29, 0.717) is 0 Å². The van der Waals surface area contributed by atoms with E-state index < -0.39 is 12.0 Å². The molecule has 2 heteroatoms. The predicted octanol–water partition coefficient (Wildman–Crippen LogP) is 3.34. The van der Waals surface area contributed by atoms with Crippen molar-refractivity contribution in [2.75, 3.05) is 0 Å². The predicted molar refractivity (Wildman–Crippen MR) is 71.9 cm³/mol. The summed E-state index contributed by atoms with van der Waals surface area (Å²) < 4.78 is 0. The van der Waals surface area contributed by atoms with Crippen molar-refractivity contribution in [1.29, 1.82) is 5.26 Å². The molecule has 0 aromatic heterocycles. The summed E-state index contributed by atoms with van der Waals surface area (Å²) in [6.45, 7) is 1.65. The normalized spacial score (nSPS) is 13.6. The highest BCUT2D eigenvalue weighted by Crippen LogP contribution is 2.30. The number of aliphatic hydroxyl groups is 1. The van der Waals surface area contributed by atoms with Gasteiger partial charge in [-0.25, -0.2) is 0 Å². The van der Waals surface area contributed by atoms with Crippen LogP contribution in [0.3, 0.4) is 0 Å². The number of nitrogens with zero attached hydrogens (tertiary/aromatic N) is 1. The molecule has 2 unspecified atom stereocenters. The van der Waals surface area contributed by atoms with Crippen LogP contribution >= 0.6 is 0 Å². The summed E-state index contributed by atoms with van der Waals surface area (Å²) in [5, 5.41) is 18.9. The molecule has 0 aliphatic rings. The van der Waals surface area contributed by atoms with E-state index in [4.69, 9.17) is 0 Å². The van der Waals surface area contributed by atoms with Gasteiger partial charge in [0.1, 0.15) is 0 Å². The van der Waals surface area contributed by atoms with Gasteiger partial charge in [0.2, 0.25) is 0 Å². The molecule has 18 heavy (non-hydrogen) atoms. The molecule has 0 fully saturated rings. The molecule has 0 saturated heterocycles. The molecule has 1 N–H and O–H groups in total. The average Bonchev–Trinajstić information content (AvgIpc) is 2.41. The SMILES string of the molecule is CC(O)C(C#N)c1ccccc1-c1ccccc1. The molecule has 2 nitrogen and oxygen atoms in total. The van der Waals surface area contributed by atoms with Crippen molar-refractivity contribution in [3.63, 3.8) is 0 Å². The highest BCUT2D eigenvalue weighted by molar-refractivity contribution is 5.68. The maximum atomic E-state index is 9.71. The summed E-state index contributed by atoms with van der Waals surface area (Å²) in [6, 6.07) is 19.8. The Hall–Kier alpha value is -2.11.